The fourth-order valence-electron chi connectivity index (χ4n) is 3.94. The van der Waals surface area contributed by atoms with Crippen LogP contribution in [0.1, 0.15) is 32.3 Å². The number of pyridine rings is 1. The summed E-state index contributed by atoms with van der Waals surface area (Å²) in [5.41, 5.74) is 1.63. The summed E-state index contributed by atoms with van der Waals surface area (Å²) in [6, 6.07) is 9.70. The molecule has 0 saturated carbocycles. The molecule has 0 spiro atoms. The van der Waals surface area contributed by atoms with Crippen LogP contribution < -0.4 is 10.9 Å². The zero-order chi connectivity index (χ0) is 18.7. The number of nitrogens with zero attached hydrogens (tertiary/aromatic N) is 2. The largest absolute Gasteiger partial charge is 0.353 e. The number of nitrogens with one attached hydrogen (secondary N) is 1. The molecule has 0 bridgehead atoms. The van der Waals surface area contributed by atoms with Crippen molar-refractivity contribution >= 4 is 16.8 Å². The van der Waals surface area contributed by atoms with Crippen molar-refractivity contribution in [2.75, 3.05) is 19.6 Å². The van der Waals surface area contributed by atoms with E-state index in [1.807, 2.05) is 31.2 Å². The van der Waals surface area contributed by atoms with E-state index in [-0.39, 0.29) is 18.0 Å². The van der Waals surface area contributed by atoms with E-state index in [0.29, 0.717) is 18.5 Å². The summed E-state index contributed by atoms with van der Waals surface area (Å²) in [6.07, 6.45) is 2.48. The highest BCUT2D eigenvalue weighted by atomic mass is 16.2. The van der Waals surface area contributed by atoms with Crippen molar-refractivity contribution in [2.45, 2.75) is 46.2 Å². The van der Waals surface area contributed by atoms with Gasteiger partial charge < -0.3 is 5.32 Å². The van der Waals surface area contributed by atoms with Crippen LogP contribution >= 0.6 is 0 Å². The Labute approximate surface area is 155 Å². The third kappa shape index (κ3) is 3.98. The average Bonchev–Trinajstić information content (AvgIpc) is 3.13. The number of amides is 1. The Bertz CT molecular complexity index is 835. The Hall–Kier alpha value is -2.14. The number of hydrogen-bond acceptors (Lipinski definition) is 3. The molecule has 26 heavy (non-hydrogen) atoms. The Morgan fingerprint density at radius 2 is 1.88 bits per heavy atom. The van der Waals surface area contributed by atoms with E-state index in [9.17, 15) is 9.59 Å². The Kier molecular flexibility index (Phi) is 5.77. The molecule has 1 N–H and O–H groups in total. The Morgan fingerprint density at radius 1 is 1.19 bits per heavy atom. The van der Waals surface area contributed by atoms with Crippen molar-refractivity contribution in [1.82, 2.24) is 14.8 Å². The number of hydrogen-bond donors (Lipinski definition) is 1. The zero-order valence-electron chi connectivity index (χ0n) is 16.0. The van der Waals surface area contributed by atoms with Crippen LogP contribution in [0, 0.1) is 12.8 Å². The van der Waals surface area contributed by atoms with Crippen LogP contribution in [0.5, 0.6) is 0 Å². The van der Waals surface area contributed by atoms with Crippen molar-refractivity contribution in [2.24, 2.45) is 5.92 Å². The van der Waals surface area contributed by atoms with Gasteiger partial charge >= 0.3 is 0 Å². The lowest BCUT2D eigenvalue weighted by molar-refractivity contribution is -0.122. The molecular weight excluding hydrogens is 326 g/mol. The minimum Gasteiger partial charge on any atom is -0.353 e. The lowest BCUT2D eigenvalue weighted by Crippen LogP contribution is -2.46. The van der Waals surface area contributed by atoms with E-state index < -0.39 is 0 Å². The second-order valence-electron chi connectivity index (χ2n) is 7.63. The monoisotopic (exact) mass is 355 g/mol. The van der Waals surface area contributed by atoms with Crippen LogP contribution in [0.15, 0.2) is 35.1 Å². The van der Waals surface area contributed by atoms with Gasteiger partial charge in [-0.05, 0) is 50.4 Å². The third-order valence-electron chi connectivity index (χ3n) is 5.42. The van der Waals surface area contributed by atoms with Crippen LogP contribution in [0.3, 0.4) is 0 Å². The first-order valence-corrected chi connectivity index (χ1v) is 9.57. The van der Waals surface area contributed by atoms with E-state index in [1.54, 1.807) is 10.6 Å². The Balaban J connectivity index is 1.72. The highest BCUT2D eigenvalue weighted by Crippen LogP contribution is 2.18. The third-order valence-corrected chi connectivity index (χ3v) is 5.42. The number of benzene rings is 1. The SMILES string of the molecule is Cc1cc(=O)n(CC(=O)NCC(C(C)C)N2CCCC2)c2ccccc12. The van der Waals surface area contributed by atoms with Gasteiger partial charge in [-0.3, -0.25) is 19.1 Å². The standard InChI is InChI=1S/C21H29N3O2/c1-15(2)19(23-10-6-7-11-23)13-22-20(25)14-24-18-9-5-4-8-17(18)16(3)12-21(24)26/h4-5,8-9,12,15,19H,6-7,10-11,13-14H2,1-3H3,(H,22,25). The topological polar surface area (TPSA) is 54.3 Å². The van der Waals surface area contributed by atoms with Gasteiger partial charge in [-0.2, -0.15) is 0 Å². The molecule has 1 aromatic heterocycles. The molecule has 1 saturated heterocycles. The molecule has 1 unspecified atom stereocenters. The maximum atomic E-state index is 12.5. The second-order valence-corrected chi connectivity index (χ2v) is 7.63. The first-order chi connectivity index (χ1) is 12.5. The van der Waals surface area contributed by atoms with Crippen molar-refractivity contribution in [3.8, 4) is 0 Å². The first kappa shape index (κ1) is 18.6. The zero-order valence-corrected chi connectivity index (χ0v) is 16.0. The quantitative estimate of drug-likeness (QED) is 0.866. The van der Waals surface area contributed by atoms with Crippen molar-refractivity contribution in [1.29, 1.82) is 0 Å². The number of aryl methyl sites for hydroxylation is 1. The first-order valence-electron chi connectivity index (χ1n) is 9.57. The molecular formula is C21H29N3O2. The van der Waals surface area contributed by atoms with E-state index in [0.717, 1.165) is 29.6 Å². The molecule has 140 valence electrons. The molecule has 3 rings (SSSR count). The summed E-state index contributed by atoms with van der Waals surface area (Å²) in [7, 11) is 0. The molecule has 5 heteroatoms. The average molecular weight is 355 g/mol. The predicted octanol–water partition coefficient (Wildman–Crippen LogP) is 2.55. The predicted molar refractivity (Wildman–Crippen MR) is 105 cm³/mol. The van der Waals surface area contributed by atoms with Crippen molar-refractivity contribution < 1.29 is 4.79 Å². The van der Waals surface area contributed by atoms with Gasteiger partial charge in [0, 0.05) is 24.0 Å². The van der Waals surface area contributed by atoms with E-state index in [2.05, 4.69) is 24.1 Å². The molecule has 5 nitrogen and oxygen atoms in total. The van der Waals surface area contributed by atoms with Crippen LogP contribution in [0.25, 0.3) is 10.9 Å². The molecule has 1 atom stereocenters. The smallest absolute Gasteiger partial charge is 0.251 e. The van der Waals surface area contributed by atoms with E-state index in [4.69, 9.17) is 0 Å². The maximum absolute atomic E-state index is 12.5. The minimum atomic E-state index is -0.128. The molecule has 2 aromatic rings. The molecule has 1 aromatic carbocycles. The second kappa shape index (κ2) is 8.04. The van der Waals surface area contributed by atoms with E-state index in [1.165, 1.54) is 12.8 Å². The molecule has 1 aliphatic heterocycles. The number of rotatable bonds is 6. The van der Waals surface area contributed by atoms with Gasteiger partial charge in [-0.1, -0.05) is 32.0 Å². The molecule has 0 radical (unpaired) electrons. The maximum Gasteiger partial charge on any atom is 0.251 e. The number of carbonyl (C=O) groups is 1. The number of carbonyl (C=O) groups excluding carboxylic acids is 1. The van der Waals surface area contributed by atoms with Gasteiger partial charge in [0.1, 0.15) is 6.54 Å². The summed E-state index contributed by atoms with van der Waals surface area (Å²) in [5, 5.41) is 4.07. The van der Waals surface area contributed by atoms with Gasteiger partial charge in [0.2, 0.25) is 5.91 Å². The normalized spacial score (nSPS) is 16.3. The number of aromatic nitrogens is 1. The molecule has 1 amide bonds. The molecule has 1 fully saturated rings. The van der Waals surface area contributed by atoms with Gasteiger partial charge in [-0.15, -0.1) is 0 Å². The van der Waals surface area contributed by atoms with E-state index >= 15 is 0 Å². The summed E-state index contributed by atoms with van der Waals surface area (Å²) in [5.74, 6) is 0.377. The lowest BCUT2D eigenvalue weighted by Gasteiger charge is -2.31. The van der Waals surface area contributed by atoms with Crippen molar-refractivity contribution in [3.05, 3.63) is 46.2 Å². The number of fused-ring (bicyclic) bond motifs is 1. The number of likely N-dealkylation sites (tertiary alicyclic amines) is 1. The highest BCUT2D eigenvalue weighted by molar-refractivity contribution is 5.84. The van der Waals surface area contributed by atoms with Gasteiger partial charge in [0.25, 0.3) is 5.56 Å². The summed E-state index contributed by atoms with van der Waals surface area (Å²) in [4.78, 5) is 27.4. The fourth-order valence-corrected chi connectivity index (χ4v) is 3.94. The fraction of sp³-hybridized carbons (Fsp3) is 0.524. The van der Waals surface area contributed by atoms with Crippen LogP contribution in [0.4, 0.5) is 0 Å². The lowest BCUT2D eigenvalue weighted by atomic mass is 10.0. The number of para-hydroxylation sites is 1. The summed E-state index contributed by atoms with van der Waals surface area (Å²) < 4.78 is 1.57. The van der Waals surface area contributed by atoms with Gasteiger partial charge in [0.05, 0.1) is 5.52 Å². The van der Waals surface area contributed by atoms with Gasteiger partial charge in [0.15, 0.2) is 0 Å². The molecule has 2 heterocycles. The Morgan fingerprint density at radius 3 is 2.58 bits per heavy atom. The van der Waals surface area contributed by atoms with Crippen molar-refractivity contribution in [3.63, 3.8) is 0 Å². The van der Waals surface area contributed by atoms with Crippen LogP contribution in [0.2, 0.25) is 0 Å². The van der Waals surface area contributed by atoms with Crippen LogP contribution in [-0.2, 0) is 11.3 Å². The van der Waals surface area contributed by atoms with Crippen LogP contribution in [-0.4, -0.2) is 41.1 Å². The molecule has 0 aliphatic carbocycles. The molecule has 1 aliphatic rings. The minimum absolute atomic E-state index is 0.0600. The summed E-state index contributed by atoms with van der Waals surface area (Å²) in [6.45, 7) is 9.25. The van der Waals surface area contributed by atoms with Gasteiger partial charge in [-0.25, -0.2) is 0 Å². The highest BCUT2D eigenvalue weighted by Gasteiger charge is 2.25. The summed E-state index contributed by atoms with van der Waals surface area (Å²) >= 11 is 0.